The molecule has 0 saturated heterocycles. The number of nitrogens with zero attached hydrogens (tertiary/aromatic N) is 3. The molecule has 2 aromatic heterocycles. The van der Waals surface area contributed by atoms with Crippen LogP contribution >= 0.6 is 0 Å². The zero-order chi connectivity index (χ0) is 13.7. The fourth-order valence-electron chi connectivity index (χ4n) is 2.73. The first-order chi connectivity index (χ1) is 9.72. The Bertz CT molecular complexity index is 850. The van der Waals surface area contributed by atoms with Gasteiger partial charge in [0.1, 0.15) is 0 Å². The van der Waals surface area contributed by atoms with Crippen LogP contribution in [0.5, 0.6) is 0 Å². The van der Waals surface area contributed by atoms with Gasteiger partial charge in [0.15, 0.2) is 11.3 Å². The molecule has 0 saturated carbocycles. The Labute approximate surface area is 115 Å². The molecule has 2 heterocycles. The highest BCUT2D eigenvalue weighted by Crippen LogP contribution is 2.31. The molecule has 0 radical (unpaired) electrons. The largest absolute Gasteiger partial charge is 0.364 e. The first-order valence-corrected chi connectivity index (χ1v) is 6.50. The van der Waals surface area contributed by atoms with Gasteiger partial charge in [-0.25, -0.2) is 9.50 Å². The van der Waals surface area contributed by atoms with Crippen molar-refractivity contribution in [3.8, 4) is 11.3 Å². The number of carbonyl (C=O) groups is 1. The lowest BCUT2D eigenvalue weighted by Gasteiger charge is -2.18. The summed E-state index contributed by atoms with van der Waals surface area (Å²) < 4.78 is 1.63. The van der Waals surface area contributed by atoms with E-state index in [9.17, 15) is 4.79 Å². The van der Waals surface area contributed by atoms with Crippen LogP contribution in [0.1, 0.15) is 21.6 Å². The van der Waals surface area contributed by atoms with E-state index in [0.717, 1.165) is 29.7 Å². The Morgan fingerprint density at radius 3 is 2.85 bits per heavy atom. The van der Waals surface area contributed by atoms with Gasteiger partial charge in [-0.2, -0.15) is 5.10 Å². The quantitative estimate of drug-likeness (QED) is 0.725. The second kappa shape index (κ2) is 3.90. The number of rotatable bonds is 1. The van der Waals surface area contributed by atoms with Gasteiger partial charge in [0.25, 0.3) is 5.91 Å². The Balaban J connectivity index is 1.99. The summed E-state index contributed by atoms with van der Waals surface area (Å²) in [5.41, 5.74) is 10.8. The molecule has 98 valence electrons. The van der Waals surface area contributed by atoms with Crippen LogP contribution in [0.3, 0.4) is 0 Å². The predicted octanol–water partition coefficient (Wildman–Crippen LogP) is 1.59. The first-order valence-electron chi connectivity index (χ1n) is 6.50. The van der Waals surface area contributed by atoms with E-state index in [0.29, 0.717) is 5.65 Å². The number of nitrogens with two attached hydrogens (primary N) is 1. The molecule has 20 heavy (non-hydrogen) atoms. The van der Waals surface area contributed by atoms with E-state index in [1.165, 1.54) is 5.56 Å². The van der Waals surface area contributed by atoms with Gasteiger partial charge in [0.05, 0.1) is 5.69 Å². The topological polar surface area (TPSA) is 73.3 Å². The molecule has 0 bridgehead atoms. The molecular formula is C15H12N4O. The number of hydrogen-bond acceptors (Lipinski definition) is 3. The summed E-state index contributed by atoms with van der Waals surface area (Å²) in [5.74, 6) is -0.533. The third-order valence-corrected chi connectivity index (χ3v) is 3.71. The van der Waals surface area contributed by atoms with Crippen molar-refractivity contribution in [1.82, 2.24) is 14.6 Å². The van der Waals surface area contributed by atoms with Crippen molar-refractivity contribution in [2.24, 2.45) is 5.73 Å². The number of aryl methyl sites for hydroxylation is 2. The Kier molecular flexibility index (Phi) is 2.18. The molecule has 0 unspecified atom stereocenters. The van der Waals surface area contributed by atoms with E-state index in [1.807, 2.05) is 18.3 Å². The molecule has 1 amide bonds. The molecule has 0 spiro atoms. The smallest absolute Gasteiger partial charge is 0.269 e. The van der Waals surface area contributed by atoms with E-state index in [4.69, 9.17) is 5.73 Å². The molecule has 1 aliphatic rings. The summed E-state index contributed by atoms with van der Waals surface area (Å²) in [4.78, 5) is 15.9. The monoisotopic (exact) mass is 264 g/mol. The van der Waals surface area contributed by atoms with Crippen LogP contribution in [0.2, 0.25) is 0 Å². The average Bonchev–Trinajstić information content (AvgIpc) is 2.88. The van der Waals surface area contributed by atoms with Gasteiger partial charge in [-0.05, 0) is 24.0 Å². The summed E-state index contributed by atoms with van der Waals surface area (Å²) in [6, 6.07) is 9.91. The van der Waals surface area contributed by atoms with Crippen LogP contribution in [0.25, 0.3) is 16.9 Å². The lowest BCUT2D eigenvalue weighted by molar-refractivity contribution is 0.0995. The molecular weight excluding hydrogens is 252 g/mol. The van der Waals surface area contributed by atoms with Crippen molar-refractivity contribution >= 4 is 11.6 Å². The Hall–Kier alpha value is -2.69. The number of aromatic nitrogens is 3. The highest BCUT2D eigenvalue weighted by molar-refractivity contribution is 5.92. The van der Waals surface area contributed by atoms with Crippen molar-refractivity contribution in [1.29, 1.82) is 0 Å². The second-order valence-electron chi connectivity index (χ2n) is 4.97. The maximum absolute atomic E-state index is 11.2. The van der Waals surface area contributed by atoms with Crippen LogP contribution in [-0.2, 0) is 12.8 Å². The minimum absolute atomic E-state index is 0.244. The molecule has 5 heteroatoms. The van der Waals surface area contributed by atoms with Crippen molar-refractivity contribution in [3.63, 3.8) is 0 Å². The molecule has 3 aromatic rings. The number of primary amides is 1. The highest BCUT2D eigenvalue weighted by atomic mass is 16.1. The zero-order valence-electron chi connectivity index (χ0n) is 10.7. The average molecular weight is 264 g/mol. The molecule has 2 N–H and O–H groups in total. The van der Waals surface area contributed by atoms with E-state index in [2.05, 4.69) is 22.2 Å². The molecule has 1 aromatic carbocycles. The third kappa shape index (κ3) is 1.53. The molecule has 0 atom stereocenters. The number of carbonyl (C=O) groups excluding carboxylic acids is 1. The number of hydrogen-bond donors (Lipinski definition) is 1. The summed E-state index contributed by atoms with van der Waals surface area (Å²) in [5, 5.41) is 4.16. The van der Waals surface area contributed by atoms with Gasteiger partial charge in [0.2, 0.25) is 0 Å². The summed E-state index contributed by atoms with van der Waals surface area (Å²) >= 11 is 0. The van der Waals surface area contributed by atoms with Gasteiger partial charge in [-0.3, -0.25) is 4.79 Å². The second-order valence-corrected chi connectivity index (χ2v) is 4.97. The standard InChI is InChI=1S/C15H12N4O/c16-15(20)12-7-13-17-14-10(8-19(13)18-12)6-5-9-3-1-2-4-11(9)14/h1-4,7-8H,5-6H2,(H2,16,20). The van der Waals surface area contributed by atoms with Gasteiger partial charge in [-0.1, -0.05) is 24.3 Å². The SMILES string of the molecule is NC(=O)c1cc2nc3c(cn2n1)CCc1ccccc1-3. The van der Waals surface area contributed by atoms with Crippen LogP contribution in [0.15, 0.2) is 36.5 Å². The number of amides is 1. The normalized spacial score (nSPS) is 13.0. The fourth-order valence-corrected chi connectivity index (χ4v) is 2.73. The predicted molar refractivity (Wildman–Crippen MR) is 74.3 cm³/mol. The van der Waals surface area contributed by atoms with Crippen LogP contribution in [0, 0.1) is 0 Å². The molecule has 5 nitrogen and oxygen atoms in total. The highest BCUT2D eigenvalue weighted by Gasteiger charge is 2.19. The van der Waals surface area contributed by atoms with E-state index in [1.54, 1.807) is 10.6 Å². The van der Waals surface area contributed by atoms with E-state index < -0.39 is 5.91 Å². The third-order valence-electron chi connectivity index (χ3n) is 3.71. The minimum Gasteiger partial charge on any atom is -0.364 e. The van der Waals surface area contributed by atoms with Gasteiger partial charge in [0, 0.05) is 17.8 Å². The molecule has 0 aliphatic heterocycles. The van der Waals surface area contributed by atoms with Crippen LogP contribution in [-0.4, -0.2) is 20.5 Å². The molecule has 4 rings (SSSR count). The van der Waals surface area contributed by atoms with E-state index in [-0.39, 0.29) is 5.69 Å². The van der Waals surface area contributed by atoms with Gasteiger partial charge >= 0.3 is 0 Å². The fraction of sp³-hybridized carbons (Fsp3) is 0.133. The number of fused-ring (bicyclic) bond motifs is 4. The van der Waals surface area contributed by atoms with Crippen LogP contribution < -0.4 is 5.73 Å². The maximum Gasteiger partial charge on any atom is 0.269 e. The Morgan fingerprint density at radius 2 is 2.00 bits per heavy atom. The van der Waals surface area contributed by atoms with E-state index >= 15 is 0 Å². The maximum atomic E-state index is 11.2. The van der Waals surface area contributed by atoms with Gasteiger partial charge in [-0.15, -0.1) is 0 Å². The van der Waals surface area contributed by atoms with Crippen molar-refractivity contribution in [3.05, 3.63) is 53.3 Å². The molecule has 0 fully saturated rings. The van der Waals surface area contributed by atoms with Gasteiger partial charge < -0.3 is 5.73 Å². The summed E-state index contributed by atoms with van der Waals surface area (Å²) in [7, 11) is 0. The lowest BCUT2D eigenvalue weighted by Crippen LogP contribution is -2.11. The zero-order valence-corrected chi connectivity index (χ0v) is 10.7. The Morgan fingerprint density at radius 1 is 1.20 bits per heavy atom. The number of benzene rings is 1. The van der Waals surface area contributed by atoms with Crippen LogP contribution in [0.4, 0.5) is 0 Å². The van der Waals surface area contributed by atoms with Crippen molar-refractivity contribution in [2.75, 3.05) is 0 Å². The minimum atomic E-state index is -0.533. The van der Waals surface area contributed by atoms with Crippen molar-refractivity contribution in [2.45, 2.75) is 12.8 Å². The lowest BCUT2D eigenvalue weighted by atomic mass is 9.90. The summed E-state index contributed by atoms with van der Waals surface area (Å²) in [6.07, 6.45) is 3.88. The first kappa shape index (κ1) is 11.2. The molecule has 1 aliphatic carbocycles. The van der Waals surface area contributed by atoms with Crippen molar-refractivity contribution < 1.29 is 4.79 Å². The summed E-state index contributed by atoms with van der Waals surface area (Å²) in [6.45, 7) is 0.